The van der Waals surface area contributed by atoms with Crippen LogP contribution >= 0.6 is 0 Å². The van der Waals surface area contributed by atoms with Gasteiger partial charge in [-0.2, -0.15) is 15.0 Å². The fourth-order valence-electron chi connectivity index (χ4n) is 1.66. The zero-order valence-corrected chi connectivity index (χ0v) is 11.2. The number of amides is 1. The van der Waals surface area contributed by atoms with Crippen LogP contribution in [0.1, 0.15) is 0 Å². The van der Waals surface area contributed by atoms with Crippen molar-refractivity contribution >= 4 is 23.8 Å². The number of nitrogen functional groups attached to an aromatic ring is 1. The molecule has 0 spiro atoms. The molecule has 5 N–H and O–H groups in total. The number of ether oxygens (including phenoxy) is 1. The summed E-state index contributed by atoms with van der Waals surface area (Å²) in [6.07, 6.45) is 0. The predicted molar refractivity (Wildman–Crippen MR) is 73.2 cm³/mol. The van der Waals surface area contributed by atoms with Crippen LogP contribution in [-0.4, -0.2) is 60.8 Å². The van der Waals surface area contributed by atoms with Crippen LogP contribution in [0.5, 0.6) is 0 Å². The quantitative estimate of drug-likeness (QED) is 0.363. The van der Waals surface area contributed by atoms with Crippen LogP contribution in [0.15, 0.2) is 0 Å². The van der Waals surface area contributed by atoms with Crippen molar-refractivity contribution in [3.8, 4) is 0 Å². The standard InChI is InChI=1S/C10H18N8O2/c1-12-7(19)6-13-8-14-9(17-11)16-10(15-8)18-2-4-20-5-3-18/h2-6,11H2,1H3,(H,12,19)(H2,13,14,15,16,17). The number of hydrogen-bond acceptors (Lipinski definition) is 9. The van der Waals surface area contributed by atoms with E-state index in [0.717, 1.165) is 0 Å². The van der Waals surface area contributed by atoms with Gasteiger partial charge in [-0.25, -0.2) is 5.84 Å². The molecule has 20 heavy (non-hydrogen) atoms. The molecule has 10 heteroatoms. The Morgan fingerprint density at radius 3 is 2.65 bits per heavy atom. The van der Waals surface area contributed by atoms with E-state index in [2.05, 4.69) is 31.0 Å². The summed E-state index contributed by atoms with van der Waals surface area (Å²) in [5, 5.41) is 5.32. The molecule has 1 saturated heterocycles. The number of nitrogens with one attached hydrogen (secondary N) is 3. The van der Waals surface area contributed by atoms with Crippen molar-refractivity contribution < 1.29 is 9.53 Å². The van der Waals surface area contributed by atoms with E-state index in [4.69, 9.17) is 10.6 Å². The van der Waals surface area contributed by atoms with Crippen LogP contribution in [0.3, 0.4) is 0 Å². The van der Waals surface area contributed by atoms with Gasteiger partial charge in [0.05, 0.1) is 19.8 Å². The first kappa shape index (κ1) is 14.2. The van der Waals surface area contributed by atoms with E-state index in [1.54, 1.807) is 7.05 Å². The number of carbonyl (C=O) groups excluding carboxylic acids is 1. The van der Waals surface area contributed by atoms with Gasteiger partial charge in [0.15, 0.2) is 0 Å². The fourth-order valence-corrected chi connectivity index (χ4v) is 1.66. The molecule has 2 heterocycles. The molecule has 0 saturated carbocycles. The van der Waals surface area contributed by atoms with Crippen LogP contribution in [0.2, 0.25) is 0 Å². The van der Waals surface area contributed by atoms with E-state index in [0.29, 0.717) is 32.3 Å². The van der Waals surface area contributed by atoms with E-state index < -0.39 is 0 Å². The van der Waals surface area contributed by atoms with Crippen LogP contribution in [0.25, 0.3) is 0 Å². The Labute approximate surface area is 116 Å². The van der Waals surface area contributed by atoms with Crippen molar-refractivity contribution in [2.24, 2.45) is 5.84 Å². The highest BCUT2D eigenvalue weighted by molar-refractivity contribution is 5.79. The lowest BCUT2D eigenvalue weighted by atomic mass is 10.4. The first-order valence-electron chi connectivity index (χ1n) is 6.22. The van der Waals surface area contributed by atoms with Crippen LogP contribution < -0.4 is 26.8 Å². The van der Waals surface area contributed by atoms with Gasteiger partial charge >= 0.3 is 0 Å². The SMILES string of the molecule is CNC(=O)CNc1nc(NN)nc(N2CCOCC2)n1. The Morgan fingerprint density at radius 1 is 1.30 bits per heavy atom. The highest BCUT2D eigenvalue weighted by Crippen LogP contribution is 2.14. The third kappa shape index (κ3) is 3.65. The van der Waals surface area contributed by atoms with Crippen LogP contribution in [-0.2, 0) is 9.53 Å². The van der Waals surface area contributed by atoms with Gasteiger partial charge in [-0.05, 0) is 0 Å². The molecular formula is C10H18N8O2. The summed E-state index contributed by atoms with van der Waals surface area (Å²) in [5.74, 6) is 6.20. The average Bonchev–Trinajstić information content (AvgIpc) is 2.53. The monoisotopic (exact) mass is 282 g/mol. The maximum Gasteiger partial charge on any atom is 0.243 e. The van der Waals surface area contributed by atoms with E-state index in [9.17, 15) is 4.79 Å². The zero-order valence-electron chi connectivity index (χ0n) is 11.2. The summed E-state index contributed by atoms with van der Waals surface area (Å²) in [5.41, 5.74) is 2.39. The van der Waals surface area contributed by atoms with Crippen molar-refractivity contribution in [2.45, 2.75) is 0 Å². The second-order valence-corrected chi connectivity index (χ2v) is 4.05. The van der Waals surface area contributed by atoms with E-state index in [1.165, 1.54) is 0 Å². The molecule has 0 unspecified atom stereocenters. The molecular weight excluding hydrogens is 264 g/mol. The zero-order chi connectivity index (χ0) is 14.4. The number of aromatic nitrogens is 3. The lowest BCUT2D eigenvalue weighted by Gasteiger charge is -2.27. The number of anilines is 3. The second kappa shape index (κ2) is 6.82. The molecule has 110 valence electrons. The van der Waals surface area contributed by atoms with E-state index in [-0.39, 0.29) is 24.3 Å². The minimum Gasteiger partial charge on any atom is -0.378 e. The van der Waals surface area contributed by atoms with E-state index in [1.807, 2.05) is 4.90 Å². The number of hydrogen-bond donors (Lipinski definition) is 4. The lowest BCUT2D eigenvalue weighted by molar-refractivity contribution is -0.118. The number of nitrogens with zero attached hydrogens (tertiary/aromatic N) is 4. The second-order valence-electron chi connectivity index (χ2n) is 4.05. The molecule has 10 nitrogen and oxygen atoms in total. The smallest absolute Gasteiger partial charge is 0.243 e. The Balaban J connectivity index is 2.12. The molecule has 0 atom stereocenters. The maximum atomic E-state index is 11.2. The Bertz CT molecular complexity index is 463. The number of rotatable bonds is 5. The van der Waals surface area contributed by atoms with Gasteiger partial charge in [-0.3, -0.25) is 10.2 Å². The molecule has 0 aliphatic carbocycles. The van der Waals surface area contributed by atoms with Crippen LogP contribution in [0.4, 0.5) is 17.8 Å². The molecule has 0 radical (unpaired) electrons. The number of carbonyl (C=O) groups is 1. The molecule has 2 rings (SSSR count). The predicted octanol–water partition coefficient (Wildman–Crippen LogP) is -1.85. The van der Waals surface area contributed by atoms with Gasteiger partial charge < -0.3 is 20.3 Å². The molecule has 0 bridgehead atoms. The van der Waals surface area contributed by atoms with Gasteiger partial charge in [-0.15, -0.1) is 0 Å². The Hall–Kier alpha value is -2.20. The first-order valence-corrected chi connectivity index (χ1v) is 6.22. The topological polar surface area (TPSA) is 130 Å². The number of nitrogens with two attached hydrogens (primary N) is 1. The number of morpholine rings is 1. The normalized spacial score (nSPS) is 14.8. The summed E-state index contributed by atoms with van der Waals surface area (Å²) in [6, 6.07) is 0. The van der Waals surface area contributed by atoms with Gasteiger partial charge in [0.1, 0.15) is 0 Å². The maximum absolute atomic E-state index is 11.2. The van der Waals surface area contributed by atoms with E-state index >= 15 is 0 Å². The number of likely N-dealkylation sites (N-methyl/N-ethyl adjacent to an activating group) is 1. The third-order valence-electron chi connectivity index (χ3n) is 2.73. The highest BCUT2D eigenvalue weighted by Gasteiger charge is 2.16. The summed E-state index contributed by atoms with van der Waals surface area (Å²) < 4.78 is 5.28. The Kier molecular flexibility index (Phi) is 4.85. The minimum absolute atomic E-state index is 0.0765. The molecule has 1 aromatic rings. The van der Waals surface area contributed by atoms with Crippen LogP contribution in [0, 0.1) is 0 Å². The molecule has 0 aromatic carbocycles. The molecule has 1 aliphatic heterocycles. The Morgan fingerprint density at radius 2 is 2.00 bits per heavy atom. The van der Waals surface area contributed by atoms with Crippen molar-refractivity contribution in [1.82, 2.24) is 20.3 Å². The van der Waals surface area contributed by atoms with Crippen molar-refractivity contribution in [1.29, 1.82) is 0 Å². The van der Waals surface area contributed by atoms with Crippen molar-refractivity contribution in [2.75, 3.05) is 55.5 Å². The largest absolute Gasteiger partial charge is 0.378 e. The summed E-state index contributed by atoms with van der Waals surface area (Å²) >= 11 is 0. The van der Waals surface area contributed by atoms with Gasteiger partial charge in [0.2, 0.25) is 23.8 Å². The summed E-state index contributed by atoms with van der Waals surface area (Å²) in [4.78, 5) is 25.7. The third-order valence-corrected chi connectivity index (χ3v) is 2.73. The number of hydrazine groups is 1. The van der Waals surface area contributed by atoms with Crippen molar-refractivity contribution in [3.63, 3.8) is 0 Å². The highest BCUT2D eigenvalue weighted by atomic mass is 16.5. The first-order chi connectivity index (χ1) is 9.72. The molecule has 1 aromatic heterocycles. The van der Waals surface area contributed by atoms with Crippen molar-refractivity contribution in [3.05, 3.63) is 0 Å². The molecule has 1 fully saturated rings. The molecule has 1 amide bonds. The van der Waals surface area contributed by atoms with Gasteiger partial charge in [-0.1, -0.05) is 0 Å². The minimum atomic E-state index is -0.166. The average molecular weight is 282 g/mol. The lowest BCUT2D eigenvalue weighted by Crippen LogP contribution is -2.38. The summed E-state index contributed by atoms with van der Waals surface area (Å²) in [6.45, 7) is 2.72. The fraction of sp³-hybridized carbons (Fsp3) is 0.600. The summed E-state index contributed by atoms with van der Waals surface area (Å²) in [7, 11) is 1.56. The van der Waals surface area contributed by atoms with Gasteiger partial charge in [0, 0.05) is 20.1 Å². The molecule has 1 aliphatic rings. The van der Waals surface area contributed by atoms with Gasteiger partial charge in [0.25, 0.3) is 0 Å².